The maximum absolute atomic E-state index is 12.5. The zero-order valence-corrected chi connectivity index (χ0v) is 13.9. The van der Waals surface area contributed by atoms with Gasteiger partial charge in [-0.15, -0.1) is 0 Å². The maximum atomic E-state index is 12.5. The van der Waals surface area contributed by atoms with Crippen LogP contribution >= 0.6 is 0 Å². The second-order valence-electron chi connectivity index (χ2n) is 5.92. The van der Waals surface area contributed by atoms with Crippen LogP contribution in [0.4, 0.5) is 4.79 Å². The zero-order valence-electron chi connectivity index (χ0n) is 13.9. The molecular formula is C16H20N4O4. The van der Waals surface area contributed by atoms with Gasteiger partial charge in [0.2, 0.25) is 0 Å². The average Bonchev–Trinajstić information content (AvgIpc) is 2.55. The Morgan fingerprint density at radius 2 is 2.12 bits per heavy atom. The molecule has 8 nitrogen and oxygen atoms in total. The van der Waals surface area contributed by atoms with Gasteiger partial charge in [-0.05, 0) is 20.0 Å². The Morgan fingerprint density at radius 3 is 2.83 bits per heavy atom. The molecule has 1 amide bonds. The molecule has 0 spiro atoms. The van der Waals surface area contributed by atoms with Crippen molar-refractivity contribution < 1.29 is 14.3 Å². The number of H-pyrrole nitrogens is 1. The number of hydrogen-bond acceptors (Lipinski definition) is 6. The van der Waals surface area contributed by atoms with Crippen LogP contribution < -0.4 is 15.0 Å². The molecule has 0 unspecified atom stereocenters. The molecule has 1 saturated heterocycles. The van der Waals surface area contributed by atoms with E-state index < -0.39 is 6.09 Å². The number of nitrogens with one attached hydrogen (secondary N) is 1. The highest BCUT2D eigenvalue weighted by atomic mass is 16.6. The quantitative estimate of drug-likeness (QED) is 0.885. The minimum Gasteiger partial charge on any atom is -0.493 e. The molecule has 0 radical (unpaired) electrons. The molecule has 1 fully saturated rings. The van der Waals surface area contributed by atoms with E-state index in [9.17, 15) is 9.59 Å². The monoisotopic (exact) mass is 332 g/mol. The molecule has 1 N–H and O–H groups in total. The first kappa shape index (κ1) is 16.3. The van der Waals surface area contributed by atoms with Gasteiger partial charge in [0.25, 0.3) is 5.56 Å². The third kappa shape index (κ3) is 3.05. The summed E-state index contributed by atoms with van der Waals surface area (Å²) >= 11 is 0. The summed E-state index contributed by atoms with van der Waals surface area (Å²) in [6.45, 7) is 4.14. The van der Waals surface area contributed by atoms with E-state index >= 15 is 0 Å². The number of amides is 1. The lowest BCUT2D eigenvalue weighted by Gasteiger charge is -2.37. The van der Waals surface area contributed by atoms with Crippen molar-refractivity contribution in [2.75, 3.05) is 33.8 Å². The van der Waals surface area contributed by atoms with E-state index in [2.05, 4.69) is 14.9 Å². The average molecular weight is 332 g/mol. The Kier molecular flexibility index (Phi) is 4.39. The van der Waals surface area contributed by atoms with Gasteiger partial charge in [-0.25, -0.2) is 9.78 Å². The number of carbonyl (C=O) groups is 1. The number of benzene rings is 1. The van der Waals surface area contributed by atoms with Gasteiger partial charge in [0.15, 0.2) is 11.5 Å². The number of methoxy groups -OCH3 is 1. The van der Waals surface area contributed by atoms with Crippen LogP contribution in [0, 0.1) is 0 Å². The first-order chi connectivity index (χ1) is 11.5. The van der Waals surface area contributed by atoms with E-state index in [1.54, 1.807) is 11.0 Å². The van der Waals surface area contributed by atoms with E-state index in [0.29, 0.717) is 23.2 Å². The normalized spacial score (nSPS) is 18.6. The van der Waals surface area contributed by atoms with Crippen LogP contribution in [0.25, 0.3) is 10.9 Å². The molecule has 0 saturated carbocycles. The fraction of sp³-hybridized carbons (Fsp3) is 0.438. The van der Waals surface area contributed by atoms with E-state index in [1.165, 1.54) is 19.5 Å². The summed E-state index contributed by atoms with van der Waals surface area (Å²) in [5, 5.41) is 0.340. The van der Waals surface area contributed by atoms with Crippen LogP contribution in [0.3, 0.4) is 0 Å². The number of fused-ring (bicyclic) bond motifs is 1. The number of hydrogen-bond donors (Lipinski definition) is 1. The van der Waals surface area contributed by atoms with Crippen LogP contribution in [0.5, 0.6) is 11.5 Å². The molecule has 0 aliphatic carbocycles. The molecule has 24 heavy (non-hydrogen) atoms. The predicted octanol–water partition coefficient (Wildman–Crippen LogP) is 1.07. The maximum Gasteiger partial charge on any atom is 0.415 e. The van der Waals surface area contributed by atoms with Crippen molar-refractivity contribution in [3.05, 3.63) is 28.8 Å². The van der Waals surface area contributed by atoms with Crippen molar-refractivity contribution in [2.24, 2.45) is 0 Å². The molecule has 0 bridgehead atoms. The minimum absolute atomic E-state index is 0.0489. The fourth-order valence-corrected chi connectivity index (χ4v) is 2.88. The van der Waals surface area contributed by atoms with Crippen LogP contribution in [0.2, 0.25) is 0 Å². The highest BCUT2D eigenvalue weighted by molar-refractivity contribution is 5.83. The van der Waals surface area contributed by atoms with E-state index in [1.807, 2.05) is 14.0 Å². The van der Waals surface area contributed by atoms with E-state index in [0.717, 1.165) is 13.1 Å². The smallest absolute Gasteiger partial charge is 0.415 e. The number of ether oxygens (including phenoxy) is 2. The highest BCUT2D eigenvalue weighted by Gasteiger charge is 2.28. The van der Waals surface area contributed by atoms with E-state index in [4.69, 9.17) is 9.47 Å². The van der Waals surface area contributed by atoms with Gasteiger partial charge >= 0.3 is 6.09 Å². The number of carbonyl (C=O) groups excluding carboxylic acids is 1. The summed E-state index contributed by atoms with van der Waals surface area (Å²) in [5.74, 6) is 0.565. The molecule has 3 rings (SSSR count). The van der Waals surface area contributed by atoms with Gasteiger partial charge in [-0.2, -0.15) is 0 Å². The third-order valence-corrected chi connectivity index (χ3v) is 4.19. The molecular weight excluding hydrogens is 312 g/mol. The molecule has 1 atom stereocenters. The largest absolute Gasteiger partial charge is 0.493 e. The topological polar surface area (TPSA) is 87.8 Å². The van der Waals surface area contributed by atoms with Gasteiger partial charge in [-0.3, -0.25) is 4.79 Å². The number of rotatable bonds is 2. The number of nitrogens with zero attached hydrogens (tertiary/aromatic N) is 3. The standard InChI is InChI=1S/C16H20N4O4/c1-10-8-19(2)4-5-20(10)16(22)24-14-6-11-12(7-13(14)23-3)17-9-18-15(11)21/h6-7,9-10H,4-5,8H2,1-3H3,(H,17,18,21)/t10-/m1/s1. The predicted molar refractivity (Wildman–Crippen MR) is 88.6 cm³/mol. The summed E-state index contributed by atoms with van der Waals surface area (Å²) in [5.41, 5.74) is 0.177. The number of likely N-dealkylation sites (N-methyl/N-ethyl adjacent to an activating group) is 1. The Bertz CT molecular complexity index is 819. The lowest BCUT2D eigenvalue weighted by atomic mass is 10.2. The Labute approximate surface area is 139 Å². The Balaban J connectivity index is 1.90. The van der Waals surface area contributed by atoms with Crippen molar-refractivity contribution in [3.63, 3.8) is 0 Å². The summed E-state index contributed by atoms with van der Waals surface area (Å²) in [6.07, 6.45) is 0.871. The molecule has 1 aromatic carbocycles. The van der Waals surface area contributed by atoms with E-state index in [-0.39, 0.29) is 17.4 Å². The number of aromatic amines is 1. The third-order valence-electron chi connectivity index (χ3n) is 4.19. The second kappa shape index (κ2) is 6.48. The number of aromatic nitrogens is 2. The van der Waals surface area contributed by atoms with Gasteiger partial charge in [0.05, 0.1) is 24.3 Å². The molecule has 128 valence electrons. The lowest BCUT2D eigenvalue weighted by Crippen LogP contribution is -2.53. The summed E-state index contributed by atoms with van der Waals surface area (Å²) < 4.78 is 10.8. The van der Waals surface area contributed by atoms with Gasteiger partial charge in [-0.1, -0.05) is 0 Å². The van der Waals surface area contributed by atoms with Gasteiger partial charge in [0, 0.05) is 31.7 Å². The first-order valence-electron chi connectivity index (χ1n) is 7.72. The molecule has 8 heteroatoms. The molecule has 1 aliphatic heterocycles. The van der Waals surface area contributed by atoms with Crippen molar-refractivity contribution in [1.29, 1.82) is 0 Å². The first-order valence-corrected chi connectivity index (χ1v) is 7.72. The molecule has 2 aromatic rings. The SMILES string of the molecule is COc1cc2nc[nH]c(=O)c2cc1OC(=O)N1CCN(C)C[C@H]1C. The molecule has 1 aromatic heterocycles. The minimum atomic E-state index is -0.450. The Morgan fingerprint density at radius 1 is 1.33 bits per heavy atom. The van der Waals surface area contributed by atoms with Gasteiger partial charge in [0.1, 0.15) is 0 Å². The summed E-state index contributed by atoms with van der Waals surface area (Å²) in [7, 11) is 3.50. The van der Waals surface area contributed by atoms with Gasteiger partial charge < -0.3 is 24.3 Å². The lowest BCUT2D eigenvalue weighted by molar-refractivity contribution is 0.0886. The zero-order chi connectivity index (χ0) is 17.3. The van der Waals surface area contributed by atoms with Crippen molar-refractivity contribution in [1.82, 2.24) is 19.8 Å². The van der Waals surface area contributed by atoms with Crippen molar-refractivity contribution in [3.8, 4) is 11.5 Å². The molecule has 1 aliphatic rings. The van der Waals surface area contributed by atoms with Crippen LogP contribution in [-0.4, -0.2) is 65.7 Å². The van der Waals surface area contributed by atoms with Crippen LogP contribution in [0.15, 0.2) is 23.3 Å². The van der Waals surface area contributed by atoms with Crippen LogP contribution in [-0.2, 0) is 0 Å². The fourth-order valence-electron chi connectivity index (χ4n) is 2.88. The number of piperazine rings is 1. The molecule has 2 heterocycles. The highest BCUT2D eigenvalue weighted by Crippen LogP contribution is 2.31. The summed E-state index contributed by atoms with van der Waals surface area (Å²) in [4.78, 5) is 34.8. The summed E-state index contributed by atoms with van der Waals surface area (Å²) in [6, 6.07) is 3.12. The van der Waals surface area contributed by atoms with Crippen molar-refractivity contribution in [2.45, 2.75) is 13.0 Å². The van der Waals surface area contributed by atoms with Crippen LogP contribution in [0.1, 0.15) is 6.92 Å². The van der Waals surface area contributed by atoms with Crippen molar-refractivity contribution >= 4 is 17.0 Å². The second-order valence-corrected chi connectivity index (χ2v) is 5.92. The Hall–Kier alpha value is -2.61.